The highest BCUT2D eigenvalue weighted by Crippen LogP contribution is 2.23. The van der Waals surface area contributed by atoms with Crippen LogP contribution in [0.1, 0.15) is 17.3 Å². The summed E-state index contributed by atoms with van der Waals surface area (Å²) < 4.78 is 4.95. The van der Waals surface area contributed by atoms with Gasteiger partial charge in [-0.1, -0.05) is 29.8 Å². The molecule has 0 heterocycles. The van der Waals surface area contributed by atoms with Crippen molar-refractivity contribution in [1.82, 2.24) is 10.9 Å². The van der Waals surface area contributed by atoms with Gasteiger partial charge >= 0.3 is 5.97 Å². The Bertz CT molecular complexity index is 769. The minimum Gasteiger partial charge on any atom is -0.455 e. The largest absolute Gasteiger partial charge is 0.455 e. The molecule has 0 radical (unpaired) electrons. The first-order valence-corrected chi connectivity index (χ1v) is 8.94. The van der Waals surface area contributed by atoms with Gasteiger partial charge in [-0.15, -0.1) is 11.8 Å². The Morgan fingerprint density at radius 3 is 2.35 bits per heavy atom. The summed E-state index contributed by atoms with van der Waals surface area (Å²) in [5.74, 6) is -1.66. The molecule has 136 valence electrons. The van der Waals surface area contributed by atoms with Crippen molar-refractivity contribution in [2.24, 2.45) is 0 Å². The van der Waals surface area contributed by atoms with Crippen molar-refractivity contribution in [3.05, 3.63) is 65.2 Å². The second-order valence-electron chi connectivity index (χ2n) is 5.19. The summed E-state index contributed by atoms with van der Waals surface area (Å²) >= 11 is 7.07. The molecule has 0 saturated heterocycles. The molecular formula is C18H17ClN2O4S. The molecule has 2 aromatic rings. The fourth-order valence-corrected chi connectivity index (χ4v) is 2.85. The molecule has 0 aliphatic carbocycles. The first kappa shape index (κ1) is 19.8. The first-order chi connectivity index (χ1) is 12.5. The minimum atomic E-state index is -0.641. The van der Waals surface area contributed by atoms with Crippen molar-refractivity contribution in [3.63, 3.8) is 0 Å². The molecule has 0 aliphatic rings. The number of esters is 1. The summed E-state index contributed by atoms with van der Waals surface area (Å²) in [5, 5.41) is 0.0360. The standard InChI is InChI=1S/C18H17ClN2O4S/c1-12(26-15-5-3-2-4-6-15)18(24)25-11-16(22)20-21-17(23)13-7-9-14(19)10-8-13/h2-10,12H,11H2,1H3,(H,20,22)(H,21,23)/t12-/m1/s1. The summed E-state index contributed by atoms with van der Waals surface area (Å²) in [6, 6.07) is 15.6. The molecule has 6 nitrogen and oxygen atoms in total. The van der Waals surface area contributed by atoms with E-state index in [1.807, 2.05) is 30.3 Å². The fraction of sp³-hybridized carbons (Fsp3) is 0.167. The van der Waals surface area contributed by atoms with E-state index in [0.29, 0.717) is 10.6 Å². The van der Waals surface area contributed by atoms with E-state index in [0.717, 1.165) is 4.90 Å². The second kappa shape index (κ2) is 9.84. The third-order valence-corrected chi connectivity index (χ3v) is 4.50. The highest BCUT2D eigenvalue weighted by atomic mass is 35.5. The molecule has 0 aromatic heterocycles. The Hall–Kier alpha value is -2.51. The Morgan fingerprint density at radius 2 is 1.69 bits per heavy atom. The van der Waals surface area contributed by atoms with Crippen LogP contribution < -0.4 is 10.9 Å². The molecule has 1 atom stereocenters. The van der Waals surface area contributed by atoms with E-state index in [1.54, 1.807) is 19.1 Å². The van der Waals surface area contributed by atoms with E-state index in [-0.39, 0.29) is 0 Å². The first-order valence-electron chi connectivity index (χ1n) is 7.69. The van der Waals surface area contributed by atoms with Crippen LogP contribution in [0.3, 0.4) is 0 Å². The van der Waals surface area contributed by atoms with Crippen LogP contribution in [-0.4, -0.2) is 29.6 Å². The molecule has 0 bridgehead atoms. The van der Waals surface area contributed by atoms with E-state index < -0.39 is 29.6 Å². The molecule has 0 unspecified atom stereocenters. The molecular weight excluding hydrogens is 376 g/mol. The van der Waals surface area contributed by atoms with E-state index in [4.69, 9.17) is 16.3 Å². The quantitative estimate of drug-likeness (QED) is 0.448. The molecule has 26 heavy (non-hydrogen) atoms. The third-order valence-electron chi connectivity index (χ3n) is 3.16. The number of halogens is 1. The summed E-state index contributed by atoms with van der Waals surface area (Å²) in [6.45, 7) is 1.21. The van der Waals surface area contributed by atoms with Gasteiger partial charge in [0.25, 0.3) is 11.8 Å². The van der Waals surface area contributed by atoms with Gasteiger partial charge in [0.1, 0.15) is 5.25 Å². The number of hydrogen-bond donors (Lipinski definition) is 2. The molecule has 2 rings (SSSR count). The van der Waals surface area contributed by atoms with Crippen LogP contribution >= 0.6 is 23.4 Å². The Kier molecular flexibility index (Phi) is 7.50. The van der Waals surface area contributed by atoms with Gasteiger partial charge in [0.15, 0.2) is 6.61 Å². The molecule has 8 heteroatoms. The lowest BCUT2D eigenvalue weighted by molar-refractivity contribution is -0.147. The number of thioether (sulfide) groups is 1. The summed E-state index contributed by atoms with van der Waals surface area (Å²) in [7, 11) is 0. The Balaban J connectivity index is 1.71. The van der Waals surface area contributed by atoms with Crippen LogP contribution in [0, 0.1) is 0 Å². The van der Waals surface area contributed by atoms with Crippen molar-refractivity contribution in [2.75, 3.05) is 6.61 Å². The van der Waals surface area contributed by atoms with Gasteiger partial charge in [-0.3, -0.25) is 25.2 Å². The summed E-state index contributed by atoms with van der Waals surface area (Å²) in [4.78, 5) is 36.4. The van der Waals surface area contributed by atoms with Crippen molar-refractivity contribution < 1.29 is 19.1 Å². The minimum absolute atomic E-state index is 0.333. The molecule has 0 saturated carbocycles. The number of rotatable bonds is 6. The molecule has 2 amide bonds. The van der Waals surface area contributed by atoms with Gasteiger partial charge in [0, 0.05) is 15.5 Å². The number of hydrazine groups is 1. The van der Waals surface area contributed by atoms with Crippen molar-refractivity contribution in [1.29, 1.82) is 0 Å². The number of carbonyl (C=O) groups is 3. The molecule has 2 N–H and O–H groups in total. The average molecular weight is 393 g/mol. The lowest BCUT2D eigenvalue weighted by Crippen LogP contribution is -2.43. The van der Waals surface area contributed by atoms with Crippen LogP contribution in [0.5, 0.6) is 0 Å². The topological polar surface area (TPSA) is 84.5 Å². The van der Waals surface area contributed by atoms with Gasteiger partial charge < -0.3 is 4.74 Å². The third kappa shape index (κ3) is 6.42. The smallest absolute Gasteiger partial charge is 0.319 e. The number of amides is 2. The lowest BCUT2D eigenvalue weighted by Gasteiger charge is -2.12. The number of ether oxygens (including phenoxy) is 1. The lowest BCUT2D eigenvalue weighted by atomic mass is 10.2. The number of benzene rings is 2. The normalized spacial score (nSPS) is 11.3. The second-order valence-corrected chi connectivity index (χ2v) is 7.04. The van der Waals surface area contributed by atoms with E-state index >= 15 is 0 Å². The van der Waals surface area contributed by atoms with Gasteiger partial charge in [0.2, 0.25) is 0 Å². The van der Waals surface area contributed by atoms with Crippen molar-refractivity contribution in [3.8, 4) is 0 Å². The zero-order chi connectivity index (χ0) is 18.9. The average Bonchev–Trinajstić information content (AvgIpc) is 2.65. The van der Waals surface area contributed by atoms with Gasteiger partial charge in [0.05, 0.1) is 0 Å². The maximum absolute atomic E-state index is 11.9. The molecule has 0 fully saturated rings. The van der Waals surface area contributed by atoms with Crippen LogP contribution in [0.2, 0.25) is 5.02 Å². The van der Waals surface area contributed by atoms with Crippen LogP contribution in [-0.2, 0) is 14.3 Å². The Morgan fingerprint density at radius 1 is 1.04 bits per heavy atom. The monoisotopic (exact) mass is 392 g/mol. The van der Waals surface area contributed by atoms with Crippen molar-refractivity contribution >= 4 is 41.1 Å². The van der Waals surface area contributed by atoms with Crippen molar-refractivity contribution in [2.45, 2.75) is 17.1 Å². The van der Waals surface area contributed by atoms with E-state index in [2.05, 4.69) is 10.9 Å². The SMILES string of the molecule is C[C@@H](Sc1ccccc1)C(=O)OCC(=O)NNC(=O)c1ccc(Cl)cc1. The van der Waals surface area contributed by atoms with Gasteiger partial charge in [-0.25, -0.2) is 0 Å². The summed E-state index contributed by atoms with van der Waals surface area (Å²) in [6.07, 6.45) is 0. The highest BCUT2D eigenvalue weighted by Gasteiger charge is 2.17. The number of nitrogens with one attached hydrogen (secondary N) is 2. The summed E-state index contributed by atoms with van der Waals surface area (Å²) in [5.41, 5.74) is 4.75. The number of carbonyl (C=O) groups excluding carboxylic acids is 3. The van der Waals surface area contributed by atoms with E-state index in [9.17, 15) is 14.4 Å². The zero-order valence-electron chi connectivity index (χ0n) is 13.9. The fourth-order valence-electron chi connectivity index (χ4n) is 1.84. The maximum atomic E-state index is 11.9. The van der Waals surface area contributed by atoms with Gasteiger partial charge in [-0.2, -0.15) is 0 Å². The van der Waals surface area contributed by atoms with Gasteiger partial charge in [-0.05, 0) is 43.3 Å². The predicted molar refractivity (Wildman–Crippen MR) is 99.8 cm³/mol. The van der Waals surface area contributed by atoms with E-state index in [1.165, 1.54) is 23.9 Å². The van der Waals surface area contributed by atoms with Crippen LogP contribution in [0.4, 0.5) is 0 Å². The molecule has 0 spiro atoms. The van der Waals surface area contributed by atoms with Crippen LogP contribution in [0.25, 0.3) is 0 Å². The Labute approximate surface area is 160 Å². The predicted octanol–water partition coefficient (Wildman–Crippen LogP) is 2.83. The maximum Gasteiger partial charge on any atom is 0.319 e. The highest BCUT2D eigenvalue weighted by molar-refractivity contribution is 8.00. The zero-order valence-corrected chi connectivity index (χ0v) is 15.5. The molecule has 0 aliphatic heterocycles. The number of hydrogen-bond acceptors (Lipinski definition) is 5. The van der Waals surface area contributed by atoms with Crippen LogP contribution in [0.15, 0.2) is 59.5 Å². The molecule has 2 aromatic carbocycles.